The summed E-state index contributed by atoms with van der Waals surface area (Å²) in [4.78, 5) is 2.43. The van der Waals surface area contributed by atoms with E-state index in [9.17, 15) is 0 Å². The van der Waals surface area contributed by atoms with Gasteiger partial charge in [0.1, 0.15) is 0 Å². The van der Waals surface area contributed by atoms with Crippen LogP contribution in [0.15, 0.2) is 0 Å². The monoisotopic (exact) mass is 214 g/mol. The summed E-state index contributed by atoms with van der Waals surface area (Å²) in [7, 11) is 3.94. The summed E-state index contributed by atoms with van der Waals surface area (Å²) < 4.78 is 5.21. The molecule has 1 saturated carbocycles. The van der Waals surface area contributed by atoms with E-state index in [1.54, 1.807) is 7.11 Å². The number of likely N-dealkylation sites (N-methyl/N-ethyl adjacent to an activating group) is 1. The molecule has 1 rings (SSSR count). The maximum absolute atomic E-state index is 5.77. The van der Waals surface area contributed by atoms with Crippen molar-refractivity contribution in [3.8, 4) is 0 Å². The van der Waals surface area contributed by atoms with Crippen LogP contribution in [-0.2, 0) is 4.74 Å². The molecule has 2 N–H and O–H groups in total. The van der Waals surface area contributed by atoms with Crippen LogP contribution < -0.4 is 5.73 Å². The van der Waals surface area contributed by atoms with Gasteiger partial charge in [-0.05, 0) is 38.6 Å². The number of nitrogens with two attached hydrogens (primary N) is 1. The Labute approximate surface area is 94.0 Å². The fourth-order valence-corrected chi connectivity index (χ4v) is 2.49. The fraction of sp³-hybridized carbons (Fsp3) is 1.00. The summed E-state index contributed by atoms with van der Waals surface area (Å²) in [5, 5.41) is 0. The minimum absolute atomic E-state index is 0.383. The van der Waals surface area contributed by atoms with Crippen LogP contribution in [0.1, 0.15) is 32.6 Å². The first kappa shape index (κ1) is 12.9. The average molecular weight is 214 g/mol. The molecule has 0 spiro atoms. The third-order valence-corrected chi connectivity index (χ3v) is 3.77. The van der Waals surface area contributed by atoms with Crippen molar-refractivity contribution in [2.24, 2.45) is 11.7 Å². The quantitative estimate of drug-likeness (QED) is 0.753. The smallest absolute Gasteiger partial charge is 0.0630 e. The summed E-state index contributed by atoms with van der Waals surface area (Å²) in [6.07, 6.45) is 5.36. The molecule has 1 aliphatic rings. The van der Waals surface area contributed by atoms with Gasteiger partial charge in [0, 0.05) is 25.7 Å². The second kappa shape index (κ2) is 6.46. The lowest BCUT2D eigenvalue weighted by Crippen LogP contribution is -2.47. The van der Waals surface area contributed by atoms with Crippen molar-refractivity contribution in [2.45, 2.75) is 44.7 Å². The van der Waals surface area contributed by atoms with Gasteiger partial charge in [-0.2, -0.15) is 0 Å². The van der Waals surface area contributed by atoms with Crippen molar-refractivity contribution in [1.29, 1.82) is 0 Å². The van der Waals surface area contributed by atoms with Gasteiger partial charge in [-0.25, -0.2) is 0 Å². The number of methoxy groups -OCH3 is 1. The Balaban J connectivity index is 2.40. The molecular weight excluding hydrogens is 188 g/mol. The van der Waals surface area contributed by atoms with Crippen LogP contribution in [0, 0.1) is 5.92 Å². The Kier molecular flexibility index (Phi) is 5.58. The largest absolute Gasteiger partial charge is 0.383 e. The van der Waals surface area contributed by atoms with Crippen molar-refractivity contribution in [3.63, 3.8) is 0 Å². The Hall–Kier alpha value is -0.120. The average Bonchev–Trinajstić information content (AvgIpc) is 2.26. The first-order chi connectivity index (χ1) is 7.19. The Morgan fingerprint density at radius 3 is 2.40 bits per heavy atom. The van der Waals surface area contributed by atoms with Crippen LogP contribution in [0.3, 0.4) is 0 Å². The molecule has 0 saturated heterocycles. The number of nitrogens with zero attached hydrogens (tertiary/aromatic N) is 1. The van der Waals surface area contributed by atoms with Crippen LogP contribution in [0.25, 0.3) is 0 Å². The molecule has 3 heteroatoms. The molecule has 1 fully saturated rings. The predicted molar refractivity (Wildman–Crippen MR) is 63.9 cm³/mol. The summed E-state index contributed by atoms with van der Waals surface area (Å²) in [5.41, 5.74) is 5.77. The van der Waals surface area contributed by atoms with E-state index >= 15 is 0 Å². The number of hydrogen-bond acceptors (Lipinski definition) is 3. The highest BCUT2D eigenvalue weighted by Gasteiger charge is 2.25. The molecule has 0 heterocycles. The van der Waals surface area contributed by atoms with Crippen LogP contribution in [0.4, 0.5) is 0 Å². The van der Waals surface area contributed by atoms with Crippen molar-refractivity contribution < 1.29 is 4.74 Å². The standard InChI is InChI=1S/C12H26N2O/c1-10-4-6-11(7-5-10)14(2)12(8-13)9-15-3/h10-12H,4-9,13H2,1-3H3. The van der Waals surface area contributed by atoms with E-state index < -0.39 is 0 Å². The van der Waals surface area contributed by atoms with E-state index in [4.69, 9.17) is 10.5 Å². The first-order valence-corrected chi connectivity index (χ1v) is 6.10. The second-order valence-corrected chi connectivity index (χ2v) is 4.92. The first-order valence-electron chi connectivity index (χ1n) is 6.10. The van der Waals surface area contributed by atoms with Gasteiger partial charge in [0.25, 0.3) is 0 Å². The Morgan fingerprint density at radius 2 is 1.93 bits per heavy atom. The predicted octanol–water partition coefficient (Wildman–Crippen LogP) is 1.47. The van der Waals surface area contributed by atoms with Crippen molar-refractivity contribution in [1.82, 2.24) is 4.90 Å². The zero-order chi connectivity index (χ0) is 11.3. The van der Waals surface area contributed by atoms with Crippen LogP contribution in [0.2, 0.25) is 0 Å². The second-order valence-electron chi connectivity index (χ2n) is 4.92. The molecule has 3 nitrogen and oxygen atoms in total. The van der Waals surface area contributed by atoms with Gasteiger partial charge in [0.05, 0.1) is 6.61 Å². The molecule has 1 unspecified atom stereocenters. The van der Waals surface area contributed by atoms with Crippen LogP contribution >= 0.6 is 0 Å². The highest BCUT2D eigenvalue weighted by atomic mass is 16.5. The van der Waals surface area contributed by atoms with Gasteiger partial charge < -0.3 is 10.5 Å². The zero-order valence-electron chi connectivity index (χ0n) is 10.4. The minimum Gasteiger partial charge on any atom is -0.383 e. The summed E-state index contributed by atoms with van der Waals surface area (Å²) in [6, 6.07) is 1.10. The van der Waals surface area contributed by atoms with Crippen molar-refractivity contribution in [2.75, 3.05) is 27.3 Å². The SMILES string of the molecule is COCC(CN)N(C)C1CCC(C)CC1. The summed E-state index contributed by atoms with van der Waals surface area (Å²) in [5.74, 6) is 0.911. The highest BCUT2D eigenvalue weighted by Crippen LogP contribution is 2.27. The number of rotatable bonds is 5. The van der Waals surface area contributed by atoms with Gasteiger partial charge in [-0.3, -0.25) is 4.90 Å². The number of hydrogen-bond donors (Lipinski definition) is 1. The molecular formula is C12H26N2O. The normalized spacial score (nSPS) is 29.4. The molecule has 0 radical (unpaired) electrons. The minimum atomic E-state index is 0.383. The van der Waals surface area contributed by atoms with Crippen LogP contribution in [0.5, 0.6) is 0 Å². The lowest BCUT2D eigenvalue weighted by Gasteiger charge is -2.37. The highest BCUT2D eigenvalue weighted by molar-refractivity contribution is 4.81. The topological polar surface area (TPSA) is 38.5 Å². The van der Waals surface area contributed by atoms with Crippen molar-refractivity contribution in [3.05, 3.63) is 0 Å². The lowest BCUT2D eigenvalue weighted by molar-refractivity contribution is 0.0653. The number of ether oxygens (including phenoxy) is 1. The molecule has 90 valence electrons. The lowest BCUT2D eigenvalue weighted by atomic mass is 9.86. The van der Waals surface area contributed by atoms with E-state index in [1.807, 2.05) is 0 Å². The molecule has 0 aliphatic heterocycles. The van der Waals surface area contributed by atoms with E-state index in [-0.39, 0.29) is 0 Å². The summed E-state index contributed by atoms with van der Waals surface area (Å²) in [6.45, 7) is 3.79. The fourth-order valence-electron chi connectivity index (χ4n) is 2.49. The Bertz CT molecular complexity index is 167. The third kappa shape index (κ3) is 3.74. The molecule has 1 aliphatic carbocycles. The molecule has 1 atom stereocenters. The molecule has 0 aromatic heterocycles. The third-order valence-electron chi connectivity index (χ3n) is 3.77. The van der Waals surface area contributed by atoms with E-state index in [0.717, 1.165) is 12.5 Å². The Morgan fingerprint density at radius 1 is 1.33 bits per heavy atom. The maximum atomic E-state index is 5.77. The van der Waals surface area contributed by atoms with Gasteiger partial charge in [-0.15, -0.1) is 0 Å². The van der Waals surface area contributed by atoms with Gasteiger partial charge in [0.2, 0.25) is 0 Å². The maximum Gasteiger partial charge on any atom is 0.0630 e. The molecule has 15 heavy (non-hydrogen) atoms. The van der Waals surface area contributed by atoms with Gasteiger partial charge in [-0.1, -0.05) is 6.92 Å². The van der Waals surface area contributed by atoms with Crippen LogP contribution in [-0.4, -0.2) is 44.3 Å². The molecule has 0 amide bonds. The van der Waals surface area contributed by atoms with Crippen molar-refractivity contribution >= 4 is 0 Å². The zero-order valence-corrected chi connectivity index (χ0v) is 10.4. The molecule has 0 bridgehead atoms. The van der Waals surface area contributed by atoms with Gasteiger partial charge >= 0.3 is 0 Å². The van der Waals surface area contributed by atoms with E-state index in [2.05, 4.69) is 18.9 Å². The summed E-state index contributed by atoms with van der Waals surface area (Å²) >= 11 is 0. The van der Waals surface area contributed by atoms with Gasteiger partial charge in [0.15, 0.2) is 0 Å². The molecule has 0 aromatic rings. The molecule has 0 aromatic carbocycles. The van der Waals surface area contributed by atoms with E-state index in [1.165, 1.54) is 25.7 Å². The van der Waals surface area contributed by atoms with E-state index in [0.29, 0.717) is 18.6 Å².